The van der Waals surface area contributed by atoms with Crippen LogP contribution in [-0.2, 0) is 0 Å². The summed E-state index contributed by atoms with van der Waals surface area (Å²) in [5, 5.41) is 18.6. The Bertz CT molecular complexity index is 463. The minimum Gasteiger partial charge on any atom is -0.492 e. The summed E-state index contributed by atoms with van der Waals surface area (Å²) in [5.41, 5.74) is 0.234. The zero-order valence-electron chi connectivity index (χ0n) is 11.7. The number of aliphatic hydroxyl groups is 1. The van der Waals surface area contributed by atoms with Gasteiger partial charge in [-0.25, -0.2) is 4.79 Å². The van der Waals surface area contributed by atoms with Gasteiger partial charge in [0.15, 0.2) is 0 Å². The van der Waals surface area contributed by atoms with E-state index < -0.39 is 5.97 Å². The molecule has 5 nitrogen and oxygen atoms in total. The van der Waals surface area contributed by atoms with Crippen LogP contribution in [0.15, 0.2) is 24.3 Å². The Morgan fingerprint density at radius 2 is 2.30 bits per heavy atom. The number of hydrogen-bond acceptors (Lipinski definition) is 4. The maximum absolute atomic E-state index is 10.9. The highest BCUT2D eigenvalue weighted by molar-refractivity contribution is 5.87. The van der Waals surface area contributed by atoms with Crippen molar-refractivity contribution in [2.45, 2.75) is 19.4 Å². The maximum atomic E-state index is 10.9. The molecule has 1 fully saturated rings. The van der Waals surface area contributed by atoms with Crippen LogP contribution in [0.1, 0.15) is 23.7 Å². The predicted molar refractivity (Wildman–Crippen MR) is 75.1 cm³/mol. The molecule has 110 valence electrons. The van der Waals surface area contributed by atoms with Gasteiger partial charge in [0.2, 0.25) is 0 Å². The number of aromatic carboxylic acids is 1. The third-order valence-electron chi connectivity index (χ3n) is 3.70. The van der Waals surface area contributed by atoms with Gasteiger partial charge in [0.25, 0.3) is 0 Å². The number of piperidine rings is 1. The van der Waals surface area contributed by atoms with Crippen LogP contribution in [0, 0.1) is 5.92 Å². The van der Waals surface area contributed by atoms with Crippen molar-refractivity contribution in [1.82, 2.24) is 4.90 Å². The quantitative estimate of drug-likeness (QED) is 0.854. The molecule has 5 heteroatoms. The lowest BCUT2D eigenvalue weighted by molar-refractivity contribution is 0.0304. The van der Waals surface area contributed by atoms with E-state index in [0.717, 1.165) is 26.1 Å². The highest BCUT2D eigenvalue weighted by atomic mass is 16.5. The smallest absolute Gasteiger partial charge is 0.335 e. The number of hydrogen-bond donors (Lipinski definition) is 2. The second-order valence-corrected chi connectivity index (χ2v) is 5.32. The Hall–Kier alpha value is -1.59. The first-order valence-electron chi connectivity index (χ1n) is 6.93. The standard InChI is InChI=1S/C15H21NO4/c1-11-10-16(6-5-14(11)17)7-8-20-13-4-2-3-12(9-13)15(18)19/h2-4,9,11,14,17H,5-8,10H2,1H3,(H,18,19). The van der Waals surface area contributed by atoms with Crippen LogP contribution in [0.4, 0.5) is 0 Å². The van der Waals surface area contributed by atoms with E-state index in [9.17, 15) is 9.90 Å². The fourth-order valence-corrected chi connectivity index (χ4v) is 2.43. The monoisotopic (exact) mass is 279 g/mol. The van der Waals surface area contributed by atoms with Crippen LogP contribution >= 0.6 is 0 Å². The molecule has 1 aliphatic heterocycles. The molecule has 1 aliphatic rings. The molecule has 2 unspecified atom stereocenters. The first kappa shape index (κ1) is 14.8. The van der Waals surface area contributed by atoms with Gasteiger partial charge in [0.05, 0.1) is 11.7 Å². The topological polar surface area (TPSA) is 70.0 Å². The fourth-order valence-electron chi connectivity index (χ4n) is 2.43. The molecule has 0 radical (unpaired) electrons. The van der Waals surface area contributed by atoms with Crippen molar-refractivity contribution in [2.24, 2.45) is 5.92 Å². The number of carboxylic acid groups (broad SMARTS) is 1. The van der Waals surface area contributed by atoms with Crippen molar-refractivity contribution in [2.75, 3.05) is 26.2 Å². The molecular weight excluding hydrogens is 258 g/mol. The number of likely N-dealkylation sites (tertiary alicyclic amines) is 1. The minimum absolute atomic E-state index is 0.195. The molecule has 1 saturated heterocycles. The van der Waals surface area contributed by atoms with E-state index in [-0.39, 0.29) is 11.7 Å². The number of carbonyl (C=O) groups is 1. The van der Waals surface area contributed by atoms with E-state index in [2.05, 4.69) is 4.90 Å². The summed E-state index contributed by atoms with van der Waals surface area (Å²) in [7, 11) is 0. The number of ether oxygens (including phenoxy) is 1. The highest BCUT2D eigenvalue weighted by Gasteiger charge is 2.23. The van der Waals surface area contributed by atoms with Gasteiger partial charge < -0.3 is 14.9 Å². The SMILES string of the molecule is CC1CN(CCOc2cccc(C(=O)O)c2)CCC1O. The van der Waals surface area contributed by atoms with Crippen molar-refractivity contribution in [1.29, 1.82) is 0 Å². The Balaban J connectivity index is 1.78. The van der Waals surface area contributed by atoms with Crippen LogP contribution in [0.25, 0.3) is 0 Å². The van der Waals surface area contributed by atoms with Gasteiger partial charge in [-0.15, -0.1) is 0 Å². The molecule has 2 N–H and O–H groups in total. The molecule has 0 aliphatic carbocycles. The van der Waals surface area contributed by atoms with E-state index >= 15 is 0 Å². The average molecular weight is 279 g/mol. The molecule has 20 heavy (non-hydrogen) atoms. The Labute approximate surface area is 118 Å². The third-order valence-corrected chi connectivity index (χ3v) is 3.70. The molecular formula is C15H21NO4. The van der Waals surface area contributed by atoms with Crippen LogP contribution < -0.4 is 4.74 Å². The molecule has 0 spiro atoms. The summed E-state index contributed by atoms with van der Waals surface area (Å²) in [6, 6.07) is 6.51. The largest absolute Gasteiger partial charge is 0.492 e. The summed E-state index contributed by atoms with van der Waals surface area (Å²) in [6.45, 7) is 5.11. The average Bonchev–Trinajstić information content (AvgIpc) is 2.43. The number of rotatable bonds is 5. The van der Waals surface area contributed by atoms with Gasteiger partial charge in [-0.3, -0.25) is 4.90 Å². The zero-order valence-corrected chi connectivity index (χ0v) is 11.7. The maximum Gasteiger partial charge on any atom is 0.335 e. The summed E-state index contributed by atoms with van der Waals surface area (Å²) < 4.78 is 5.59. The van der Waals surface area contributed by atoms with E-state index in [0.29, 0.717) is 18.3 Å². The normalized spacial score (nSPS) is 23.5. The van der Waals surface area contributed by atoms with Gasteiger partial charge in [0, 0.05) is 19.6 Å². The lowest BCUT2D eigenvalue weighted by Gasteiger charge is -2.34. The summed E-state index contributed by atoms with van der Waals surface area (Å²) in [6.07, 6.45) is 0.606. The molecule has 0 aromatic heterocycles. The van der Waals surface area contributed by atoms with Gasteiger partial charge >= 0.3 is 5.97 Å². The van der Waals surface area contributed by atoms with E-state index in [1.807, 2.05) is 6.92 Å². The summed E-state index contributed by atoms with van der Waals surface area (Å²) >= 11 is 0. The molecule has 1 aromatic rings. The molecule has 0 amide bonds. The van der Waals surface area contributed by atoms with Gasteiger partial charge in [-0.1, -0.05) is 13.0 Å². The Kier molecular flexibility index (Phi) is 4.98. The first-order chi connectivity index (χ1) is 9.56. The second-order valence-electron chi connectivity index (χ2n) is 5.32. The number of nitrogens with zero attached hydrogens (tertiary/aromatic N) is 1. The van der Waals surface area contributed by atoms with Gasteiger partial charge in [-0.05, 0) is 30.5 Å². The lowest BCUT2D eigenvalue weighted by atomic mass is 9.97. The molecule has 2 rings (SSSR count). The van der Waals surface area contributed by atoms with E-state index in [1.54, 1.807) is 18.2 Å². The van der Waals surface area contributed by atoms with Crippen molar-refractivity contribution in [3.8, 4) is 5.75 Å². The minimum atomic E-state index is -0.950. The summed E-state index contributed by atoms with van der Waals surface area (Å²) in [4.78, 5) is 13.1. The number of carboxylic acids is 1. The lowest BCUT2D eigenvalue weighted by Crippen LogP contribution is -2.43. The second kappa shape index (κ2) is 6.72. The van der Waals surface area contributed by atoms with Crippen molar-refractivity contribution in [3.05, 3.63) is 29.8 Å². The van der Waals surface area contributed by atoms with Crippen LogP contribution in [0.2, 0.25) is 0 Å². The molecule has 0 saturated carbocycles. The van der Waals surface area contributed by atoms with Crippen molar-refractivity contribution < 1.29 is 19.7 Å². The predicted octanol–water partition coefficient (Wildman–Crippen LogP) is 1.47. The zero-order chi connectivity index (χ0) is 14.5. The van der Waals surface area contributed by atoms with Crippen molar-refractivity contribution in [3.63, 3.8) is 0 Å². The molecule has 1 heterocycles. The number of benzene rings is 1. The first-order valence-corrected chi connectivity index (χ1v) is 6.93. The Morgan fingerprint density at radius 1 is 1.50 bits per heavy atom. The summed E-state index contributed by atoms with van der Waals surface area (Å²) in [5.74, 6) is -0.0802. The van der Waals surface area contributed by atoms with E-state index in [1.165, 1.54) is 6.07 Å². The fraction of sp³-hybridized carbons (Fsp3) is 0.533. The number of aliphatic hydroxyl groups excluding tert-OH is 1. The van der Waals surface area contributed by atoms with Gasteiger partial charge in [-0.2, -0.15) is 0 Å². The van der Waals surface area contributed by atoms with Crippen LogP contribution in [0.5, 0.6) is 5.75 Å². The van der Waals surface area contributed by atoms with Crippen LogP contribution in [0.3, 0.4) is 0 Å². The Morgan fingerprint density at radius 3 is 3.00 bits per heavy atom. The van der Waals surface area contributed by atoms with Crippen LogP contribution in [-0.4, -0.2) is 53.4 Å². The molecule has 0 bridgehead atoms. The molecule has 2 atom stereocenters. The van der Waals surface area contributed by atoms with Crippen molar-refractivity contribution >= 4 is 5.97 Å². The molecule has 1 aromatic carbocycles. The van der Waals surface area contributed by atoms with Gasteiger partial charge in [0.1, 0.15) is 12.4 Å². The highest BCUT2D eigenvalue weighted by Crippen LogP contribution is 2.17. The van der Waals surface area contributed by atoms with E-state index in [4.69, 9.17) is 9.84 Å². The third kappa shape index (κ3) is 3.95.